The van der Waals surface area contributed by atoms with Gasteiger partial charge in [-0.25, -0.2) is 0 Å². The van der Waals surface area contributed by atoms with Crippen LogP contribution in [0.4, 0.5) is 0 Å². The summed E-state index contributed by atoms with van der Waals surface area (Å²) in [6.07, 6.45) is 10.4. The molecule has 0 heterocycles. The molecule has 2 rings (SSSR count). The van der Waals surface area contributed by atoms with Gasteiger partial charge >= 0.3 is 0 Å². The lowest BCUT2D eigenvalue weighted by atomic mass is 9.92. The standard InChI is InChI=1S/C14H27N/c1-3-11-7-8-13(9-11)14(15-4-2)10-12-5-6-12/h11-15H,3-10H2,1-2H3. The summed E-state index contributed by atoms with van der Waals surface area (Å²) in [6, 6.07) is 0.846. The fraction of sp³-hybridized carbons (Fsp3) is 1.00. The summed E-state index contributed by atoms with van der Waals surface area (Å²) in [5.74, 6) is 3.11. The second kappa shape index (κ2) is 5.34. The molecule has 0 spiro atoms. The van der Waals surface area contributed by atoms with Gasteiger partial charge in [-0.15, -0.1) is 0 Å². The Morgan fingerprint density at radius 1 is 1.07 bits per heavy atom. The molecule has 3 atom stereocenters. The molecular weight excluding hydrogens is 182 g/mol. The van der Waals surface area contributed by atoms with Gasteiger partial charge in [-0.1, -0.05) is 39.5 Å². The third-order valence-electron chi connectivity index (χ3n) is 4.48. The van der Waals surface area contributed by atoms with Crippen molar-refractivity contribution in [3.63, 3.8) is 0 Å². The van der Waals surface area contributed by atoms with Crippen LogP contribution in [0.5, 0.6) is 0 Å². The Labute approximate surface area is 95.0 Å². The minimum Gasteiger partial charge on any atom is -0.314 e. The zero-order chi connectivity index (χ0) is 10.7. The van der Waals surface area contributed by atoms with Gasteiger partial charge in [0.1, 0.15) is 0 Å². The molecule has 2 fully saturated rings. The van der Waals surface area contributed by atoms with Gasteiger partial charge in [0.05, 0.1) is 0 Å². The average molecular weight is 209 g/mol. The molecule has 0 amide bonds. The van der Waals surface area contributed by atoms with Crippen LogP contribution in [0.25, 0.3) is 0 Å². The van der Waals surface area contributed by atoms with Gasteiger partial charge in [-0.3, -0.25) is 0 Å². The van der Waals surface area contributed by atoms with Crippen molar-refractivity contribution in [3.05, 3.63) is 0 Å². The minimum atomic E-state index is 0.846. The number of hydrogen-bond donors (Lipinski definition) is 1. The first-order valence-corrected chi connectivity index (χ1v) is 7.06. The van der Waals surface area contributed by atoms with E-state index in [1.807, 2.05) is 0 Å². The summed E-state index contributed by atoms with van der Waals surface area (Å²) in [7, 11) is 0. The van der Waals surface area contributed by atoms with Gasteiger partial charge in [-0.05, 0) is 43.6 Å². The predicted molar refractivity (Wildman–Crippen MR) is 65.9 cm³/mol. The molecule has 0 bridgehead atoms. The Morgan fingerprint density at radius 2 is 1.80 bits per heavy atom. The lowest BCUT2D eigenvalue weighted by Crippen LogP contribution is -2.35. The highest BCUT2D eigenvalue weighted by atomic mass is 14.9. The van der Waals surface area contributed by atoms with Crippen LogP contribution in [0, 0.1) is 17.8 Å². The van der Waals surface area contributed by atoms with Crippen molar-refractivity contribution in [2.75, 3.05) is 6.54 Å². The number of rotatable bonds is 6. The highest BCUT2D eigenvalue weighted by molar-refractivity contribution is 4.88. The van der Waals surface area contributed by atoms with Crippen LogP contribution in [0.15, 0.2) is 0 Å². The molecule has 2 aliphatic carbocycles. The van der Waals surface area contributed by atoms with E-state index >= 15 is 0 Å². The zero-order valence-electron chi connectivity index (χ0n) is 10.5. The topological polar surface area (TPSA) is 12.0 Å². The molecule has 0 aromatic rings. The molecule has 1 nitrogen and oxygen atoms in total. The quantitative estimate of drug-likeness (QED) is 0.705. The smallest absolute Gasteiger partial charge is 0.00979 e. The van der Waals surface area contributed by atoms with Crippen molar-refractivity contribution in [2.45, 2.75) is 64.8 Å². The van der Waals surface area contributed by atoms with Crippen LogP contribution < -0.4 is 5.32 Å². The van der Waals surface area contributed by atoms with Gasteiger partial charge in [-0.2, -0.15) is 0 Å². The van der Waals surface area contributed by atoms with Crippen molar-refractivity contribution in [1.82, 2.24) is 5.32 Å². The van der Waals surface area contributed by atoms with E-state index in [0.717, 1.165) is 30.3 Å². The van der Waals surface area contributed by atoms with Crippen molar-refractivity contribution in [3.8, 4) is 0 Å². The Morgan fingerprint density at radius 3 is 2.33 bits per heavy atom. The highest BCUT2D eigenvalue weighted by Crippen LogP contribution is 2.40. The third-order valence-corrected chi connectivity index (χ3v) is 4.48. The van der Waals surface area contributed by atoms with E-state index in [0.29, 0.717) is 0 Å². The number of nitrogens with one attached hydrogen (secondary N) is 1. The Kier molecular flexibility index (Phi) is 4.07. The normalized spacial score (nSPS) is 33.2. The molecule has 1 heteroatoms. The van der Waals surface area contributed by atoms with E-state index in [1.54, 1.807) is 0 Å². The van der Waals surface area contributed by atoms with E-state index < -0.39 is 0 Å². The molecule has 2 aliphatic rings. The van der Waals surface area contributed by atoms with Gasteiger partial charge in [0, 0.05) is 6.04 Å². The van der Waals surface area contributed by atoms with Gasteiger partial charge in [0.2, 0.25) is 0 Å². The molecule has 0 aromatic heterocycles. The van der Waals surface area contributed by atoms with Gasteiger partial charge < -0.3 is 5.32 Å². The first kappa shape index (κ1) is 11.4. The first-order valence-electron chi connectivity index (χ1n) is 7.06. The molecule has 3 unspecified atom stereocenters. The van der Waals surface area contributed by atoms with Crippen LogP contribution in [-0.2, 0) is 0 Å². The van der Waals surface area contributed by atoms with Crippen molar-refractivity contribution in [2.24, 2.45) is 17.8 Å². The largest absolute Gasteiger partial charge is 0.314 e. The van der Waals surface area contributed by atoms with Crippen molar-refractivity contribution in [1.29, 1.82) is 0 Å². The van der Waals surface area contributed by atoms with E-state index in [-0.39, 0.29) is 0 Å². The molecule has 0 radical (unpaired) electrons. The van der Waals surface area contributed by atoms with E-state index in [2.05, 4.69) is 19.2 Å². The van der Waals surface area contributed by atoms with E-state index in [9.17, 15) is 0 Å². The summed E-state index contributed by atoms with van der Waals surface area (Å²) in [5.41, 5.74) is 0. The van der Waals surface area contributed by atoms with Crippen molar-refractivity contribution >= 4 is 0 Å². The van der Waals surface area contributed by atoms with Crippen molar-refractivity contribution < 1.29 is 0 Å². The molecule has 15 heavy (non-hydrogen) atoms. The maximum Gasteiger partial charge on any atom is 0.00979 e. The number of hydrogen-bond acceptors (Lipinski definition) is 1. The third kappa shape index (κ3) is 3.21. The summed E-state index contributed by atoms with van der Waals surface area (Å²) in [6.45, 7) is 5.77. The predicted octanol–water partition coefficient (Wildman–Crippen LogP) is 3.59. The molecule has 1 N–H and O–H groups in total. The van der Waals surface area contributed by atoms with Gasteiger partial charge in [0.25, 0.3) is 0 Å². The monoisotopic (exact) mass is 209 g/mol. The highest BCUT2D eigenvalue weighted by Gasteiger charge is 2.33. The molecule has 2 saturated carbocycles. The Balaban J connectivity index is 1.80. The van der Waals surface area contributed by atoms with Crippen LogP contribution in [-0.4, -0.2) is 12.6 Å². The summed E-state index contributed by atoms with van der Waals surface area (Å²) in [4.78, 5) is 0. The van der Waals surface area contributed by atoms with Crippen LogP contribution >= 0.6 is 0 Å². The lowest BCUT2D eigenvalue weighted by molar-refractivity contribution is 0.323. The molecule has 0 aromatic carbocycles. The first-order chi connectivity index (χ1) is 7.33. The van der Waals surface area contributed by atoms with Crippen LogP contribution in [0.2, 0.25) is 0 Å². The van der Waals surface area contributed by atoms with E-state index in [4.69, 9.17) is 0 Å². The second-order valence-electron chi connectivity index (χ2n) is 5.69. The molecule has 88 valence electrons. The maximum atomic E-state index is 3.74. The molecular formula is C14H27N. The SMILES string of the molecule is CCNC(CC1CC1)C1CCC(CC)C1. The van der Waals surface area contributed by atoms with Crippen LogP contribution in [0.3, 0.4) is 0 Å². The lowest BCUT2D eigenvalue weighted by Gasteiger charge is -2.24. The summed E-state index contributed by atoms with van der Waals surface area (Å²) in [5, 5.41) is 3.74. The molecule has 0 saturated heterocycles. The summed E-state index contributed by atoms with van der Waals surface area (Å²) < 4.78 is 0. The van der Waals surface area contributed by atoms with Crippen LogP contribution in [0.1, 0.15) is 58.8 Å². The van der Waals surface area contributed by atoms with E-state index in [1.165, 1.54) is 44.9 Å². The minimum absolute atomic E-state index is 0.846. The molecule has 0 aliphatic heterocycles. The summed E-state index contributed by atoms with van der Waals surface area (Å²) >= 11 is 0. The average Bonchev–Trinajstić information content (AvgIpc) is 2.94. The van der Waals surface area contributed by atoms with Gasteiger partial charge in [0.15, 0.2) is 0 Å². The second-order valence-corrected chi connectivity index (χ2v) is 5.69. The fourth-order valence-electron chi connectivity index (χ4n) is 3.27. The Hall–Kier alpha value is -0.0400. The Bertz CT molecular complexity index is 186. The zero-order valence-corrected chi connectivity index (χ0v) is 10.5. The fourth-order valence-corrected chi connectivity index (χ4v) is 3.27. The maximum absolute atomic E-state index is 3.74.